The van der Waals surface area contributed by atoms with E-state index in [2.05, 4.69) is 19.8 Å². The van der Waals surface area contributed by atoms with Gasteiger partial charge in [-0.1, -0.05) is 0 Å². The molecule has 8 heteroatoms. The maximum Gasteiger partial charge on any atom is 0.253 e. The molecule has 2 saturated heterocycles. The van der Waals surface area contributed by atoms with E-state index in [0.29, 0.717) is 5.56 Å². The van der Waals surface area contributed by atoms with E-state index in [9.17, 15) is 9.18 Å². The first kappa shape index (κ1) is 20.1. The van der Waals surface area contributed by atoms with E-state index in [0.717, 1.165) is 85.7 Å². The minimum Gasteiger partial charge on any atom is -0.368 e. The Morgan fingerprint density at radius 3 is 2.58 bits per heavy atom. The standard InChI is InChI=1S/C25H25FN6O/c26-18-3-5-20-19(15-18)23(6-7-27-20)31-12-10-30(11-13-31)16-24-28-21-4-2-17(14-22(21)29-24)25(33)32-8-1-9-32/h2-7,14-15H,1,8-13,16H2,(H,28,29). The number of aromatic amines is 1. The van der Waals surface area contributed by atoms with Crippen LogP contribution in [-0.2, 0) is 6.54 Å². The molecular weight excluding hydrogens is 419 g/mol. The van der Waals surface area contributed by atoms with E-state index in [1.807, 2.05) is 29.2 Å². The molecule has 0 aliphatic carbocycles. The SMILES string of the molecule is O=C(c1ccc2nc(CN3CCN(c4ccnc5ccc(F)cc45)CC3)[nH]c2c1)N1CCC1. The molecule has 2 aromatic heterocycles. The number of benzene rings is 2. The molecular formula is C25H25FN6O. The van der Waals surface area contributed by atoms with Crippen LogP contribution in [0.25, 0.3) is 21.9 Å². The predicted octanol–water partition coefficient (Wildman–Crippen LogP) is 3.42. The van der Waals surface area contributed by atoms with E-state index < -0.39 is 0 Å². The highest BCUT2D eigenvalue weighted by molar-refractivity contribution is 5.97. The number of H-pyrrole nitrogens is 1. The van der Waals surface area contributed by atoms with Gasteiger partial charge in [-0.2, -0.15) is 0 Å². The number of amides is 1. The molecule has 6 rings (SSSR count). The first-order valence-electron chi connectivity index (χ1n) is 11.4. The van der Waals surface area contributed by atoms with Gasteiger partial charge in [0.05, 0.1) is 23.1 Å². The van der Waals surface area contributed by atoms with Gasteiger partial charge >= 0.3 is 0 Å². The largest absolute Gasteiger partial charge is 0.368 e. The predicted molar refractivity (Wildman–Crippen MR) is 126 cm³/mol. The maximum atomic E-state index is 13.8. The number of likely N-dealkylation sites (tertiary alicyclic amines) is 1. The Bertz CT molecular complexity index is 1340. The highest BCUT2D eigenvalue weighted by atomic mass is 19.1. The molecule has 4 heterocycles. The summed E-state index contributed by atoms with van der Waals surface area (Å²) < 4.78 is 13.8. The van der Waals surface area contributed by atoms with Crippen molar-refractivity contribution in [3.8, 4) is 0 Å². The van der Waals surface area contributed by atoms with Crippen molar-refractivity contribution >= 4 is 33.5 Å². The van der Waals surface area contributed by atoms with E-state index in [1.54, 1.807) is 18.3 Å². The third-order valence-corrected chi connectivity index (χ3v) is 6.69. The summed E-state index contributed by atoms with van der Waals surface area (Å²) in [6, 6.07) is 12.4. The monoisotopic (exact) mass is 444 g/mol. The van der Waals surface area contributed by atoms with Gasteiger partial charge in [-0.15, -0.1) is 0 Å². The molecule has 0 saturated carbocycles. The van der Waals surface area contributed by atoms with E-state index in [4.69, 9.17) is 4.98 Å². The zero-order chi connectivity index (χ0) is 22.4. The van der Waals surface area contributed by atoms with Crippen LogP contribution in [0.15, 0.2) is 48.7 Å². The molecule has 2 aromatic carbocycles. The highest BCUT2D eigenvalue weighted by Crippen LogP contribution is 2.27. The number of carbonyl (C=O) groups is 1. The molecule has 0 unspecified atom stereocenters. The quantitative estimate of drug-likeness (QED) is 0.523. The molecule has 2 aliphatic heterocycles. The molecule has 0 radical (unpaired) electrons. The summed E-state index contributed by atoms with van der Waals surface area (Å²) in [6.45, 7) is 5.89. The number of anilines is 1. The van der Waals surface area contributed by atoms with Gasteiger partial charge in [0.1, 0.15) is 11.6 Å². The minimum atomic E-state index is -0.241. The van der Waals surface area contributed by atoms with Gasteiger partial charge in [-0.3, -0.25) is 14.7 Å². The molecule has 33 heavy (non-hydrogen) atoms. The van der Waals surface area contributed by atoms with Crippen LogP contribution in [0, 0.1) is 5.82 Å². The lowest BCUT2D eigenvalue weighted by atomic mass is 10.1. The number of hydrogen-bond donors (Lipinski definition) is 1. The first-order valence-corrected chi connectivity index (χ1v) is 11.4. The minimum absolute atomic E-state index is 0.0962. The van der Waals surface area contributed by atoms with Crippen LogP contribution < -0.4 is 4.90 Å². The molecule has 0 bridgehead atoms. The van der Waals surface area contributed by atoms with Gasteiger partial charge in [-0.05, 0) is 48.9 Å². The summed E-state index contributed by atoms with van der Waals surface area (Å²) in [4.78, 5) is 31.5. The fourth-order valence-electron chi connectivity index (χ4n) is 4.71. The summed E-state index contributed by atoms with van der Waals surface area (Å²) in [5.74, 6) is 0.761. The van der Waals surface area contributed by atoms with Crippen molar-refractivity contribution in [3.63, 3.8) is 0 Å². The van der Waals surface area contributed by atoms with Crippen molar-refractivity contribution in [1.29, 1.82) is 0 Å². The zero-order valence-corrected chi connectivity index (χ0v) is 18.3. The summed E-state index contributed by atoms with van der Waals surface area (Å²) in [7, 11) is 0. The number of fused-ring (bicyclic) bond motifs is 2. The lowest BCUT2D eigenvalue weighted by Crippen LogP contribution is -2.46. The molecule has 1 N–H and O–H groups in total. The van der Waals surface area contributed by atoms with Crippen molar-refractivity contribution in [1.82, 2.24) is 24.8 Å². The molecule has 2 aliphatic rings. The molecule has 0 atom stereocenters. The Kier molecular flexibility index (Phi) is 4.95. The van der Waals surface area contributed by atoms with E-state index >= 15 is 0 Å². The van der Waals surface area contributed by atoms with Gasteiger partial charge < -0.3 is 14.8 Å². The number of nitrogens with one attached hydrogen (secondary N) is 1. The maximum absolute atomic E-state index is 13.8. The normalized spacial score (nSPS) is 17.0. The smallest absolute Gasteiger partial charge is 0.253 e. The lowest BCUT2D eigenvalue weighted by molar-refractivity contribution is 0.0652. The first-order chi connectivity index (χ1) is 16.1. The number of pyridine rings is 1. The van der Waals surface area contributed by atoms with Gasteiger partial charge in [0.2, 0.25) is 0 Å². The number of rotatable bonds is 4. The molecule has 4 aromatic rings. The summed E-state index contributed by atoms with van der Waals surface area (Å²) in [5.41, 5.74) is 4.34. The number of piperazine rings is 1. The number of carbonyl (C=O) groups excluding carboxylic acids is 1. The van der Waals surface area contributed by atoms with Crippen LogP contribution in [0.5, 0.6) is 0 Å². The van der Waals surface area contributed by atoms with Gasteiger partial charge in [0.25, 0.3) is 5.91 Å². The van der Waals surface area contributed by atoms with Gasteiger partial charge in [0, 0.05) is 62.1 Å². The molecule has 0 spiro atoms. The average Bonchev–Trinajstić information content (AvgIpc) is 3.19. The van der Waals surface area contributed by atoms with Crippen LogP contribution in [0.2, 0.25) is 0 Å². The van der Waals surface area contributed by atoms with Crippen molar-refractivity contribution in [2.24, 2.45) is 0 Å². The number of aromatic nitrogens is 3. The lowest BCUT2D eigenvalue weighted by Gasteiger charge is -2.36. The summed E-state index contributed by atoms with van der Waals surface area (Å²) in [6.07, 6.45) is 2.88. The summed E-state index contributed by atoms with van der Waals surface area (Å²) in [5, 5.41) is 0.854. The Balaban J connectivity index is 1.14. The molecule has 2 fully saturated rings. The van der Waals surface area contributed by atoms with E-state index in [1.165, 1.54) is 6.07 Å². The van der Waals surface area contributed by atoms with Crippen LogP contribution in [0.4, 0.5) is 10.1 Å². The third kappa shape index (κ3) is 3.80. The summed E-state index contributed by atoms with van der Waals surface area (Å²) >= 11 is 0. The van der Waals surface area contributed by atoms with E-state index in [-0.39, 0.29) is 11.7 Å². The fourth-order valence-corrected chi connectivity index (χ4v) is 4.71. The molecule has 7 nitrogen and oxygen atoms in total. The second-order valence-electron chi connectivity index (χ2n) is 8.82. The average molecular weight is 445 g/mol. The Morgan fingerprint density at radius 1 is 0.970 bits per heavy atom. The topological polar surface area (TPSA) is 68.4 Å². The van der Waals surface area contributed by atoms with Crippen LogP contribution in [-0.4, -0.2) is 69.9 Å². The second-order valence-corrected chi connectivity index (χ2v) is 8.82. The number of nitrogens with zero attached hydrogens (tertiary/aromatic N) is 5. The number of imidazole rings is 1. The Morgan fingerprint density at radius 2 is 1.79 bits per heavy atom. The fraction of sp³-hybridized carbons (Fsp3) is 0.320. The van der Waals surface area contributed by atoms with Crippen LogP contribution in [0.1, 0.15) is 22.6 Å². The van der Waals surface area contributed by atoms with Gasteiger partial charge in [0.15, 0.2) is 0 Å². The van der Waals surface area contributed by atoms with Crippen molar-refractivity contribution in [3.05, 3.63) is 65.9 Å². The number of hydrogen-bond acceptors (Lipinski definition) is 5. The second kappa shape index (κ2) is 8.12. The Hall–Kier alpha value is -3.52. The van der Waals surface area contributed by atoms with Crippen LogP contribution in [0.3, 0.4) is 0 Å². The van der Waals surface area contributed by atoms with Crippen LogP contribution >= 0.6 is 0 Å². The van der Waals surface area contributed by atoms with Crippen molar-refractivity contribution in [2.45, 2.75) is 13.0 Å². The van der Waals surface area contributed by atoms with Crippen molar-refractivity contribution < 1.29 is 9.18 Å². The highest BCUT2D eigenvalue weighted by Gasteiger charge is 2.23. The van der Waals surface area contributed by atoms with Gasteiger partial charge in [-0.25, -0.2) is 9.37 Å². The number of halogens is 1. The third-order valence-electron chi connectivity index (χ3n) is 6.69. The van der Waals surface area contributed by atoms with Crippen molar-refractivity contribution in [2.75, 3.05) is 44.2 Å². The molecule has 1 amide bonds. The molecule has 168 valence electrons. The zero-order valence-electron chi connectivity index (χ0n) is 18.3. The Labute approximate surface area is 190 Å².